The number of H-pyrrole nitrogens is 1. The molecule has 1 unspecified atom stereocenters. The summed E-state index contributed by atoms with van der Waals surface area (Å²) in [6.07, 6.45) is 3.81. The van der Waals surface area contributed by atoms with Crippen molar-refractivity contribution in [2.24, 2.45) is 0 Å². The molecule has 1 aliphatic heterocycles. The molecule has 1 aliphatic carbocycles. The number of nitrogens with zero attached hydrogens (tertiary/aromatic N) is 2. The van der Waals surface area contributed by atoms with Crippen LogP contribution in [0.5, 0.6) is 0 Å². The fourth-order valence-electron chi connectivity index (χ4n) is 4.24. The Kier molecular flexibility index (Phi) is 5.34. The van der Waals surface area contributed by atoms with Gasteiger partial charge in [-0.15, -0.1) is 0 Å². The molecule has 2 aliphatic rings. The number of halogens is 1. The third-order valence-corrected chi connectivity index (χ3v) is 5.96. The first-order chi connectivity index (χ1) is 14.0. The monoisotopic (exact) mass is 401 g/mol. The molecule has 4 rings (SSSR count). The number of likely N-dealkylation sites (tertiary alicyclic amines) is 1. The second-order valence-corrected chi connectivity index (χ2v) is 8.02. The summed E-state index contributed by atoms with van der Waals surface area (Å²) >= 11 is 0. The number of amides is 4. The van der Waals surface area contributed by atoms with Crippen LogP contribution in [0.4, 0.5) is 14.0 Å². The van der Waals surface area contributed by atoms with Crippen molar-refractivity contribution in [2.75, 3.05) is 20.1 Å². The Labute approximate surface area is 169 Å². The summed E-state index contributed by atoms with van der Waals surface area (Å²) < 4.78 is 13.8. The molecule has 2 aromatic rings. The van der Waals surface area contributed by atoms with Crippen molar-refractivity contribution < 1.29 is 14.0 Å². The molecule has 0 radical (unpaired) electrons. The lowest BCUT2D eigenvalue weighted by Gasteiger charge is -2.39. The van der Waals surface area contributed by atoms with E-state index in [9.17, 15) is 14.0 Å². The third-order valence-electron chi connectivity index (χ3n) is 5.96. The Hall–Kier alpha value is -2.77. The molecule has 3 N–H and O–H groups in total. The maximum absolute atomic E-state index is 13.8. The van der Waals surface area contributed by atoms with Gasteiger partial charge < -0.3 is 25.4 Å². The Morgan fingerprint density at radius 3 is 2.79 bits per heavy atom. The minimum Gasteiger partial charge on any atom is -0.357 e. The van der Waals surface area contributed by atoms with Gasteiger partial charge in [-0.3, -0.25) is 0 Å². The third kappa shape index (κ3) is 4.02. The highest BCUT2D eigenvalue weighted by molar-refractivity contribution is 5.84. The zero-order valence-corrected chi connectivity index (χ0v) is 16.9. The number of aromatic amines is 1. The molecule has 8 heteroatoms. The molecule has 0 spiro atoms. The fourth-order valence-corrected chi connectivity index (χ4v) is 4.24. The molecular weight excluding hydrogens is 373 g/mol. The summed E-state index contributed by atoms with van der Waals surface area (Å²) in [6, 6.07) is 5.16. The van der Waals surface area contributed by atoms with Crippen LogP contribution in [0.25, 0.3) is 10.9 Å². The van der Waals surface area contributed by atoms with Gasteiger partial charge in [-0.05, 0) is 56.4 Å². The number of hydrogen-bond acceptors (Lipinski definition) is 2. The minimum atomic E-state index is -0.232. The minimum absolute atomic E-state index is 0.0348. The van der Waals surface area contributed by atoms with E-state index in [1.54, 1.807) is 24.9 Å². The van der Waals surface area contributed by atoms with E-state index in [4.69, 9.17) is 0 Å². The number of aromatic nitrogens is 1. The van der Waals surface area contributed by atoms with E-state index in [0.29, 0.717) is 18.7 Å². The van der Waals surface area contributed by atoms with Gasteiger partial charge in [0, 0.05) is 42.8 Å². The summed E-state index contributed by atoms with van der Waals surface area (Å²) in [5.74, 6) is -0.232. The molecule has 2 fully saturated rings. The quantitative estimate of drug-likeness (QED) is 0.736. The Bertz CT molecular complexity index is 923. The molecule has 2 heterocycles. The van der Waals surface area contributed by atoms with Crippen molar-refractivity contribution in [3.63, 3.8) is 0 Å². The number of aryl methyl sites for hydroxylation is 1. The number of benzene rings is 1. The molecule has 1 aromatic heterocycles. The highest BCUT2D eigenvalue weighted by Gasteiger charge is 2.39. The van der Waals surface area contributed by atoms with Crippen molar-refractivity contribution in [2.45, 2.75) is 51.2 Å². The van der Waals surface area contributed by atoms with Gasteiger partial charge in [0.25, 0.3) is 0 Å². The predicted molar refractivity (Wildman–Crippen MR) is 109 cm³/mol. The van der Waals surface area contributed by atoms with Gasteiger partial charge in [0.1, 0.15) is 5.82 Å². The zero-order chi connectivity index (χ0) is 20.5. The molecule has 1 saturated carbocycles. The van der Waals surface area contributed by atoms with Crippen molar-refractivity contribution >= 4 is 23.0 Å². The number of urea groups is 2. The first-order valence-corrected chi connectivity index (χ1v) is 10.3. The largest absolute Gasteiger partial charge is 0.357 e. The van der Waals surface area contributed by atoms with Gasteiger partial charge in [-0.2, -0.15) is 0 Å². The van der Waals surface area contributed by atoms with Crippen molar-refractivity contribution in [3.05, 3.63) is 35.3 Å². The number of carbonyl (C=O) groups excluding carboxylic acids is 2. The van der Waals surface area contributed by atoms with E-state index >= 15 is 0 Å². The molecular formula is C21H28FN5O2. The second-order valence-electron chi connectivity index (χ2n) is 8.02. The number of piperidine rings is 1. The van der Waals surface area contributed by atoms with E-state index < -0.39 is 0 Å². The van der Waals surface area contributed by atoms with Crippen molar-refractivity contribution in [3.8, 4) is 0 Å². The first-order valence-electron chi connectivity index (χ1n) is 10.3. The van der Waals surface area contributed by atoms with Crippen molar-refractivity contribution in [1.29, 1.82) is 0 Å². The van der Waals surface area contributed by atoms with Gasteiger partial charge >= 0.3 is 12.1 Å². The molecule has 156 valence electrons. The van der Waals surface area contributed by atoms with Crippen LogP contribution in [0.15, 0.2) is 18.2 Å². The van der Waals surface area contributed by atoms with E-state index in [-0.39, 0.29) is 30.0 Å². The Morgan fingerprint density at radius 2 is 2.07 bits per heavy atom. The van der Waals surface area contributed by atoms with Crippen LogP contribution in [0.3, 0.4) is 0 Å². The second kappa shape index (κ2) is 7.93. The average Bonchev–Trinajstić information content (AvgIpc) is 3.47. The predicted octanol–water partition coefficient (Wildman–Crippen LogP) is 3.09. The normalized spacial score (nSPS) is 19.3. The molecule has 29 heavy (non-hydrogen) atoms. The SMILES string of the molecule is CNC(=O)N1CCCC(N(C(=O)NCc2cc3c(C)c(F)ccc3[nH]2)C2CC2)C1. The van der Waals surface area contributed by atoms with Gasteiger partial charge in [-0.25, -0.2) is 14.0 Å². The van der Waals surface area contributed by atoms with Crippen LogP contribution < -0.4 is 10.6 Å². The highest BCUT2D eigenvalue weighted by Crippen LogP contribution is 2.31. The van der Waals surface area contributed by atoms with Gasteiger partial charge in [0.05, 0.1) is 12.6 Å². The topological polar surface area (TPSA) is 80.5 Å². The van der Waals surface area contributed by atoms with Gasteiger partial charge in [0.15, 0.2) is 0 Å². The molecule has 7 nitrogen and oxygen atoms in total. The lowest BCUT2D eigenvalue weighted by atomic mass is 10.0. The van der Waals surface area contributed by atoms with E-state index in [1.807, 2.05) is 11.0 Å². The van der Waals surface area contributed by atoms with Crippen LogP contribution in [-0.4, -0.2) is 59.1 Å². The first kappa shape index (κ1) is 19.5. The van der Waals surface area contributed by atoms with E-state index in [2.05, 4.69) is 15.6 Å². The van der Waals surface area contributed by atoms with Crippen molar-refractivity contribution in [1.82, 2.24) is 25.4 Å². The average molecular weight is 401 g/mol. The van der Waals surface area contributed by atoms with Gasteiger partial charge in [-0.1, -0.05) is 0 Å². The Morgan fingerprint density at radius 1 is 1.28 bits per heavy atom. The van der Waals surface area contributed by atoms with Crippen LogP contribution in [0, 0.1) is 12.7 Å². The summed E-state index contributed by atoms with van der Waals surface area (Å²) in [5.41, 5.74) is 2.31. The zero-order valence-electron chi connectivity index (χ0n) is 16.9. The Balaban J connectivity index is 1.43. The number of hydrogen-bond donors (Lipinski definition) is 3. The molecule has 1 aromatic carbocycles. The maximum Gasteiger partial charge on any atom is 0.318 e. The van der Waals surface area contributed by atoms with Crippen LogP contribution >= 0.6 is 0 Å². The number of fused-ring (bicyclic) bond motifs is 1. The summed E-state index contributed by atoms with van der Waals surface area (Å²) in [7, 11) is 1.63. The number of carbonyl (C=O) groups is 2. The van der Waals surface area contributed by atoms with Gasteiger partial charge in [0.2, 0.25) is 0 Å². The number of rotatable bonds is 4. The highest BCUT2D eigenvalue weighted by atomic mass is 19.1. The van der Waals surface area contributed by atoms with Crippen LogP contribution in [0.2, 0.25) is 0 Å². The molecule has 4 amide bonds. The van der Waals surface area contributed by atoms with E-state index in [0.717, 1.165) is 48.8 Å². The summed E-state index contributed by atoms with van der Waals surface area (Å²) in [5, 5.41) is 6.52. The molecule has 1 atom stereocenters. The molecule has 1 saturated heterocycles. The lowest BCUT2D eigenvalue weighted by molar-refractivity contribution is 0.116. The number of nitrogens with one attached hydrogen (secondary N) is 3. The standard InChI is InChI=1S/C21H28FN5O2/c1-13-17-10-14(25-19(17)8-7-18(13)22)11-24-21(29)27(15-5-6-15)16-4-3-9-26(12-16)20(28)23-2/h7-8,10,15-16,25H,3-6,9,11-12H2,1-2H3,(H,23,28)(H,24,29). The van der Waals surface area contributed by atoms with E-state index in [1.165, 1.54) is 6.07 Å². The lowest BCUT2D eigenvalue weighted by Crippen LogP contribution is -2.56. The smallest absolute Gasteiger partial charge is 0.318 e. The summed E-state index contributed by atoms with van der Waals surface area (Å²) in [6.45, 7) is 3.39. The summed E-state index contributed by atoms with van der Waals surface area (Å²) in [4.78, 5) is 32.0. The van der Waals surface area contributed by atoms with Crippen LogP contribution in [-0.2, 0) is 6.54 Å². The molecule has 0 bridgehead atoms. The fraction of sp³-hybridized carbons (Fsp3) is 0.524. The maximum atomic E-state index is 13.8. The van der Waals surface area contributed by atoms with Crippen LogP contribution in [0.1, 0.15) is 36.9 Å².